The molecule has 12 heavy (non-hydrogen) atoms. The molecule has 0 spiro atoms. The van der Waals surface area contributed by atoms with E-state index in [1.807, 2.05) is 18.1 Å². The highest BCUT2D eigenvalue weighted by Gasteiger charge is 2.23. The summed E-state index contributed by atoms with van der Waals surface area (Å²) in [7, 11) is 1.98. The third-order valence-corrected chi connectivity index (χ3v) is 2.27. The Bertz CT molecular complexity index is 236. The second-order valence-electron chi connectivity index (χ2n) is 3.79. The molecule has 0 saturated heterocycles. The summed E-state index contributed by atoms with van der Waals surface area (Å²) in [5.41, 5.74) is 1.24. The minimum atomic E-state index is 0.137. The van der Waals surface area contributed by atoms with E-state index >= 15 is 0 Å². The first-order valence-electron chi connectivity index (χ1n) is 4.14. The van der Waals surface area contributed by atoms with E-state index in [1.165, 1.54) is 0 Å². The largest absolute Gasteiger partial charge is 0.339 e. The molecule has 0 aliphatic carbocycles. The van der Waals surface area contributed by atoms with Crippen molar-refractivity contribution >= 4 is 6.34 Å². The molecule has 0 saturated carbocycles. The molecule has 0 atom stereocenters. The molecule has 0 aromatic rings. The summed E-state index contributed by atoms with van der Waals surface area (Å²) in [6.45, 7) is 8.43. The Labute approximate surface area is 74.3 Å². The number of hydrogen-bond donors (Lipinski definition) is 0. The Morgan fingerprint density at radius 1 is 1.58 bits per heavy atom. The summed E-state index contributed by atoms with van der Waals surface area (Å²) in [5.74, 6) is 0. The molecular formula is C10H16N2. The molecule has 1 heterocycles. The zero-order valence-corrected chi connectivity index (χ0v) is 8.04. The van der Waals surface area contributed by atoms with Gasteiger partial charge in [-0.05, 0) is 6.42 Å². The van der Waals surface area contributed by atoms with Gasteiger partial charge in [-0.15, -0.1) is 0 Å². The average molecular weight is 164 g/mol. The number of allylic oxidation sites excluding steroid dienone is 2. The van der Waals surface area contributed by atoms with Gasteiger partial charge in [-0.25, -0.2) is 4.99 Å². The highest BCUT2D eigenvalue weighted by atomic mass is 15.1. The predicted molar refractivity (Wildman–Crippen MR) is 52.9 cm³/mol. The van der Waals surface area contributed by atoms with Gasteiger partial charge in [0.1, 0.15) is 0 Å². The summed E-state index contributed by atoms with van der Waals surface area (Å²) < 4.78 is 0. The van der Waals surface area contributed by atoms with Crippen LogP contribution in [-0.4, -0.2) is 18.3 Å². The first-order chi connectivity index (χ1) is 5.54. The molecule has 0 N–H and O–H groups in total. The highest BCUT2D eigenvalue weighted by molar-refractivity contribution is 5.59. The van der Waals surface area contributed by atoms with Gasteiger partial charge in [0.25, 0.3) is 0 Å². The Morgan fingerprint density at radius 3 is 2.92 bits per heavy atom. The summed E-state index contributed by atoms with van der Waals surface area (Å²) in [6, 6.07) is 0. The fraction of sp³-hybridized carbons (Fsp3) is 0.500. The van der Waals surface area contributed by atoms with Gasteiger partial charge in [0, 0.05) is 24.4 Å². The fourth-order valence-electron chi connectivity index (χ4n) is 1.21. The van der Waals surface area contributed by atoms with Crippen LogP contribution in [0.15, 0.2) is 29.5 Å². The zero-order chi connectivity index (χ0) is 9.19. The molecule has 0 bridgehead atoms. The minimum Gasteiger partial charge on any atom is -0.339 e. The number of nitrogens with zero attached hydrogens (tertiary/aromatic N) is 2. The van der Waals surface area contributed by atoms with Gasteiger partial charge in [-0.1, -0.05) is 26.5 Å². The van der Waals surface area contributed by atoms with E-state index in [9.17, 15) is 0 Å². The predicted octanol–water partition coefficient (Wildman–Crippen LogP) is 2.40. The molecule has 66 valence electrons. The summed E-state index contributed by atoms with van der Waals surface area (Å²) in [5, 5.41) is 0. The molecule has 1 rings (SSSR count). The molecule has 0 aromatic carbocycles. The molecule has 0 aromatic heterocycles. The Balaban J connectivity index is 2.90. The second-order valence-corrected chi connectivity index (χ2v) is 3.79. The van der Waals surface area contributed by atoms with Crippen LogP contribution >= 0.6 is 0 Å². The fourth-order valence-corrected chi connectivity index (χ4v) is 1.21. The van der Waals surface area contributed by atoms with Gasteiger partial charge in [0.15, 0.2) is 0 Å². The van der Waals surface area contributed by atoms with E-state index in [1.54, 1.807) is 6.34 Å². The van der Waals surface area contributed by atoms with Crippen molar-refractivity contribution in [2.24, 2.45) is 10.4 Å². The van der Waals surface area contributed by atoms with Gasteiger partial charge < -0.3 is 4.90 Å². The number of rotatable bonds is 0. The van der Waals surface area contributed by atoms with Crippen LogP contribution in [0.5, 0.6) is 0 Å². The van der Waals surface area contributed by atoms with Gasteiger partial charge in [0.2, 0.25) is 0 Å². The molecular weight excluding hydrogens is 148 g/mol. The quantitative estimate of drug-likeness (QED) is 0.537. The van der Waals surface area contributed by atoms with E-state index < -0.39 is 0 Å². The van der Waals surface area contributed by atoms with Crippen LogP contribution in [-0.2, 0) is 0 Å². The molecule has 2 nitrogen and oxygen atoms in total. The van der Waals surface area contributed by atoms with Crippen molar-refractivity contribution in [2.75, 3.05) is 7.05 Å². The van der Waals surface area contributed by atoms with Crippen molar-refractivity contribution in [3.8, 4) is 0 Å². The van der Waals surface area contributed by atoms with Crippen molar-refractivity contribution in [3.63, 3.8) is 0 Å². The second kappa shape index (κ2) is 3.13. The van der Waals surface area contributed by atoms with Gasteiger partial charge >= 0.3 is 0 Å². The first kappa shape index (κ1) is 9.04. The first-order valence-corrected chi connectivity index (χ1v) is 4.14. The van der Waals surface area contributed by atoms with E-state index in [2.05, 4.69) is 31.5 Å². The molecule has 0 unspecified atom stereocenters. The van der Waals surface area contributed by atoms with Crippen molar-refractivity contribution in [1.82, 2.24) is 4.90 Å². The lowest BCUT2D eigenvalue weighted by Crippen LogP contribution is -2.27. The number of hydrogen-bond acceptors (Lipinski definition) is 2. The van der Waals surface area contributed by atoms with E-state index in [0.29, 0.717) is 0 Å². The monoisotopic (exact) mass is 164 g/mol. The molecule has 1 aliphatic rings. The van der Waals surface area contributed by atoms with Crippen LogP contribution in [0, 0.1) is 5.41 Å². The van der Waals surface area contributed by atoms with Crippen molar-refractivity contribution < 1.29 is 0 Å². The van der Waals surface area contributed by atoms with E-state index in [-0.39, 0.29) is 5.41 Å². The minimum absolute atomic E-state index is 0.137. The maximum Gasteiger partial charge on any atom is 0.0944 e. The van der Waals surface area contributed by atoms with Crippen LogP contribution in [0.2, 0.25) is 0 Å². The Hall–Kier alpha value is -1.05. The average Bonchev–Trinajstić information content (AvgIpc) is 2.00. The summed E-state index contributed by atoms with van der Waals surface area (Å²) in [6.07, 6.45) is 6.70. The normalized spacial score (nSPS) is 24.9. The standard InChI is InChI=1S/C10H16N2/c1-9-10(2,3)6-5-7-11-8-12(9)4/h5,7-8H,1,6H2,2-4H3/b7-5-,11-8?. The van der Waals surface area contributed by atoms with Crippen molar-refractivity contribution in [2.45, 2.75) is 20.3 Å². The Kier molecular flexibility index (Phi) is 2.36. The van der Waals surface area contributed by atoms with Crippen LogP contribution in [0.3, 0.4) is 0 Å². The zero-order valence-electron chi connectivity index (χ0n) is 8.04. The SMILES string of the molecule is C=C1N(C)C=N/C=C\CC1(C)C. The summed E-state index contributed by atoms with van der Waals surface area (Å²) >= 11 is 0. The topological polar surface area (TPSA) is 15.6 Å². The van der Waals surface area contributed by atoms with E-state index in [0.717, 1.165) is 12.1 Å². The third kappa shape index (κ3) is 1.76. The molecule has 2 heteroatoms. The molecule has 0 radical (unpaired) electrons. The summed E-state index contributed by atoms with van der Waals surface area (Å²) in [4.78, 5) is 6.06. The van der Waals surface area contributed by atoms with Crippen molar-refractivity contribution in [1.29, 1.82) is 0 Å². The van der Waals surface area contributed by atoms with Gasteiger partial charge in [-0.2, -0.15) is 0 Å². The van der Waals surface area contributed by atoms with E-state index in [4.69, 9.17) is 0 Å². The molecule has 1 aliphatic heterocycles. The lowest BCUT2D eigenvalue weighted by atomic mass is 9.85. The maximum atomic E-state index is 4.09. The van der Waals surface area contributed by atoms with Crippen LogP contribution in [0.4, 0.5) is 0 Å². The molecule has 0 amide bonds. The maximum absolute atomic E-state index is 4.09. The Morgan fingerprint density at radius 2 is 2.25 bits per heavy atom. The van der Waals surface area contributed by atoms with Crippen LogP contribution < -0.4 is 0 Å². The van der Waals surface area contributed by atoms with Crippen molar-refractivity contribution in [3.05, 3.63) is 24.6 Å². The highest BCUT2D eigenvalue weighted by Crippen LogP contribution is 2.31. The van der Waals surface area contributed by atoms with Gasteiger partial charge in [-0.3, -0.25) is 0 Å². The van der Waals surface area contributed by atoms with Crippen LogP contribution in [0.25, 0.3) is 0 Å². The third-order valence-electron chi connectivity index (χ3n) is 2.27. The number of aliphatic imine (C=N–C) groups is 1. The molecule has 0 fully saturated rings. The van der Waals surface area contributed by atoms with Crippen LogP contribution in [0.1, 0.15) is 20.3 Å². The lowest BCUT2D eigenvalue weighted by Gasteiger charge is -2.31. The van der Waals surface area contributed by atoms with Gasteiger partial charge in [0.05, 0.1) is 6.34 Å². The lowest BCUT2D eigenvalue weighted by molar-refractivity contribution is 0.370. The smallest absolute Gasteiger partial charge is 0.0944 e.